The third kappa shape index (κ3) is 2.17. The van der Waals surface area contributed by atoms with E-state index in [1.807, 2.05) is 0 Å². The lowest BCUT2D eigenvalue weighted by molar-refractivity contribution is -0.181. The molecule has 3 unspecified atom stereocenters. The van der Waals surface area contributed by atoms with Gasteiger partial charge >= 0.3 is 0 Å². The largest absolute Gasteiger partial charge is 0.393 e. The van der Waals surface area contributed by atoms with Crippen LogP contribution >= 0.6 is 0 Å². The number of rotatable bonds is 0. The van der Waals surface area contributed by atoms with Crippen LogP contribution in [0.15, 0.2) is 0 Å². The predicted molar refractivity (Wildman–Crippen MR) is 87.2 cm³/mol. The van der Waals surface area contributed by atoms with E-state index in [1.54, 1.807) is 0 Å². The zero-order valence-electron chi connectivity index (χ0n) is 14.8. The van der Waals surface area contributed by atoms with Crippen LogP contribution in [0.4, 0.5) is 8.78 Å². The molecule has 0 aliphatic heterocycles. The van der Waals surface area contributed by atoms with E-state index in [-0.39, 0.29) is 35.7 Å². The van der Waals surface area contributed by atoms with E-state index in [2.05, 4.69) is 20.8 Å². The molecule has 0 heterocycles. The maximum atomic E-state index is 14.0. The topological polar surface area (TPSA) is 20.2 Å². The third-order valence-electron chi connectivity index (χ3n) is 8.95. The molecule has 0 radical (unpaired) electrons. The molecule has 0 aromatic rings. The van der Waals surface area contributed by atoms with E-state index in [4.69, 9.17) is 0 Å². The average Bonchev–Trinajstić information content (AvgIpc) is 2.77. The normalized spacial score (nSPS) is 58.2. The van der Waals surface area contributed by atoms with Crippen LogP contribution in [-0.4, -0.2) is 17.1 Å². The van der Waals surface area contributed by atoms with Gasteiger partial charge in [0, 0.05) is 12.8 Å². The molecule has 132 valence electrons. The number of hydrogen-bond acceptors (Lipinski definition) is 1. The molecular weight excluding hydrogens is 294 g/mol. The Morgan fingerprint density at radius 3 is 2.35 bits per heavy atom. The summed E-state index contributed by atoms with van der Waals surface area (Å²) in [6, 6.07) is 0. The minimum atomic E-state index is -2.44. The van der Waals surface area contributed by atoms with Gasteiger partial charge in [0.25, 0.3) is 0 Å². The van der Waals surface area contributed by atoms with Gasteiger partial charge in [0.2, 0.25) is 5.92 Å². The molecule has 3 heteroatoms. The van der Waals surface area contributed by atoms with E-state index in [9.17, 15) is 13.9 Å². The van der Waals surface area contributed by atoms with Gasteiger partial charge in [-0.1, -0.05) is 20.8 Å². The molecule has 4 aliphatic carbocycles. The first-order valence-electron chi connectivity index (χ1n) is 9.73. The van der Waals surface area contributed by atoms with Crippen molar-refractivity contribution in [1.82, 2.24) is 0 Å². The second-order valence-electron chi connectivity index (χ2n) is 9.90. The van der Waals surface area contributed by atoms with Crippen molar-refractivity contribution in [3.63, 3.8) is 0 Å². The Bertz CT molecular complexity index is 492. The second kappa shape index (κ2) is 4.93. The lowest BCUT2D eigenvalue weighted by Crippen LogP contribution is -2.57. The lowest BCUT2D eigenvalue weighted by atomic mass is 9.43. The Balaban J connectivity index is 1.67. The molecule has 4 aliphatic rings. The van der Waals surface area contributed by atoms with Crippen LogP contribution in [0.25, 0.3) is 0 Å². The van der Waals surface area contributed by atoms with E-state index in [0.717, 1.165) is 32.1 Å². The van der Waals surface area contributed by atoms with Crippen LogP contribution in [0.2, 0.25) is 0 Å². The van der Waals surface area contributed by atoms with Crippen molar-refractivity contribution < 1.29 is 13.9 Å². The second-order valence-corrected chi connectivity index (χ2v) is 9.90. The van der Waals surface area contributed by atoms with Gasteiger partial charge < -0.3 is 5.11 Å². The van der Waals surface area contributed by atoms with Crippen LogP contribution in [0.1, 0.15) is 72.1 Å². The summed E-state index contributed by atoms with van der Waals surface area (Å²) in [5.74, 6) is 0.116. The lowest BCUT2D eigenvalue weighted by Gasteiger charge is -2.62. The van der Waals surface area contributed by atoms with Crippen LogP contribution in [-0.2, 0) is 0 Å². The number of aliphatic hydroxyl groups excluding tert-OH is 1. The Kier molecular flexibility index (Phi) is 3.49. The predicted octanol–water partition coefficient (Wildman–Crippen LogP) is 5.27. The summed E-state index contributed by atoms with van der Waals surface area (Å²) in [7, 11) is 0. The highest BCUT2D eigenvalue weighted by Gasteiger charge is 2.63. The number of hydrogen-bond donors (Lipinski definition) is 1. The van der Waals surface area contributed by atoms with Crippen molar-refractivity contribution in [3.8, 4) is 0 Å². The molecule has 0 aromatic heterocycles. The molecule has 0 amide bonds. The summed E-state index contributed by atoms with van der Waals surface area (Å²) < 4.78 is 28.0. The number of aliphatic hydroxyl groups is 1. The maximum Gasteiger partial charge on any atom is 0.248 e. The van der Waals surface area contributed by atoms with Gasteiger partial charge in [-0.05, 0) is 78.9 Å². The van der Waals surface area contributed by atoms with Crippen LogP contribution in [0.3, 0.4) is 0 Å². The summed E-state index contributed by atoms with van der Waals surface area (Å²) in [6.07, 6.45) is 6.02. The highest BCUT2D eigenvalue weighted by molar-refractivity contribution is 5.11. The van der Waals surface area contributed by atoms with Gasteiger partial charge in [-0.2, -0.15) is 0 Å². The fourth-order valence-electron chi connectivity index (χ4n) is 7.53. The Morgan fingerprint density at radius 2 is 1.61 bits per heavy atom. The fourth-order valence-corrected chi connectivity index (χ4v) is 7.53. The van der Waals surface area contributed by atoms with Crippen molar-refractivity contribution in [2.24, 2.45) is 40.4 Å². The minimum absolute atomic E-state index is 0.0806. The fraction of sp³-hybridized carbons (Fsp3) is 1.00. The molecule has 1 N–H and O–H groups in total. The highest BCUT2D eigenvalue weighted by Crippen LogP contribution is 2.68. The van der Waals surface area contributed by atoms with Gasteiger partial charge in [-0.15, -0.1) is 0 Å². The van der Waals surface area contributed by atoms with Crippen molar-refractivity contribution in [3.05, 3.63) is 0 Å². The average molecular weight is 326 g/mol. The van der Waals surface area contributed by atoms with Gasteiger partial charge in [-0.3, -0.25) is 0 Å². The number of halogens is 2. The maximum absolute atomic E-state index is 14.0. The zero-order valence-corrected chi connectivity index (χ0v) is 14.8. The molecule has 0 aromatic carbocycles. The molecule has 1 nitrogen and oxygen atoms in total. The summed E-state index contributed by atoms with van der Waals surface area (Å²) in [5.41, 5.74) is 0.185. The van der Waals surface area contributed by atoms with E-state index in [0.29, 0.717) is 30.1 Å². The monoisotopic (exact) mass is 326 g/mol. The summed E-state index contributed by atoms with van der Waals surface area (Å²) in [5, 5.41) is 10.5. The van der Waals surface area contributed by atoms with Crippen molar-refractivity contribution in [2.75, 3.05) is 0 Å². The van der Waals surface area contributed by atoms with E-state index >= 15 is 0 Å². The Hall–Kier alpha value is -0.180. The van der Waals surface area contributed by atoms with E-state index < -0.39 is 5.92 Å². The quantitative estimate of drug-likeness (QED) is 0.643. The van der Waals surface area contributed by atoms with Gasteiger partial charge in [0.05, 0.1) is 6.10 Å². The first-order valence-corrected chi connectivity index (χ1v) is 9.73. The Labute approximate surface area is 139 Å². The van der Waals surface area contributed by atoms with Gasteiger partial charge in [0.1, 0.15) is 0 Å². The molecule has 0 spiro atoms. The van der Waals surface area contributed by atoms with Gasteiger partial charge in [0.15, 0.2) is 0 Å². The first kappa shape index (κ1) is 16.3. The molecule has 4 fully saturated rings. The molecule has 0 bridgehead atoms. The molecule has 0 saturated heterocycles. The van der Waals surface area contributed by atoms with Crippen molar-refractivity contribution in [1.29, 1.82) is 0 Å². The van der Waals surface area contributed by atoms with Crippen LogP contribution in [0, 0.1) is 40.4 Å². The molecule has 23 heavy (non-hydrogen) atoms. The van der Waals surface area contributed by atoms with Crippen molar-refractivity contribution in [2.45, 2.75) is 84.2 Å². The number of alkyl halides is 2. The summed E-state index contributed by atoms with van der Waals surface area (Å²) >= 11 is 0. The molecule has 8 atom stereocenters. The zero-order chi connectivity index (χ0) is 16.6. The summed E-state index contributed by atoms with van der Waals surface area (Å²) in [6.45, 7) is 6.92. The standard InChI is InChI=1S/C20H32F2O/c1-12-10-13-11-20(21,22)9-8-18(13,2)15-6-7-19(3)14(17(12)15)4-5-16(19)23/h12-17,23H,4-11H2,1-3H3/t12-,13?,14?,15?,16+,17+,18+,19+/m1/s1. The number of fused-ring (bicyclic) bond motifs is 5. The Morgan fingerprint density at radius 1 is 0.913 bits per heavy atom. The minimum Gasteiger partial charge on any atom is -0.393 e. The van der Waals surface area contributed by atoms with E-state index in [1.165, 1.54) is 0 Å². The smallest absolute Gasteiger partial charge is 0.248 e. The molecule has 4 rings (SSSR count). The third-order valence-corrected chi connectivity index (χ3v) is 8.95. The highest BCUT2D eigenvalue weighted by atomic mass is 19.3. The molecular formula is C20H32F2O. The van der Waals surface area contributed by atoms with Crippen molar-refractivity contribution >= 4 is 0 Å². The van der Waals surface area contributed by atoms with Crippen LogP contribution in [0.5, 0.6) is 0 Å². The first-order chi connectivity index (χ1) is 10.7. The van der Waals surface area contributed by atoms with Crippen LogP contribution < -0.4 is 0 Å². The summed E-state index contributed by atoms with van der Waals surface area (Å²) in [4.78, 5) is 0. The SMILES string of the molecule is C[C@@H]1CC2CC(F)(F)CC[C@]2(C)C2CC[C@@]3(C)C(CC[C@@H]3O)[C@@H]21. The molecule has 4 saturated carbocycles. The van der Waals surface area contributed by atoms with Gasteiger partial charge in [-0.25, -0.2) is 8.78 Å².